The standard InChI is InChI=1S/C19H19ClN2O3/c20-14-7-5-13(6-8-14)18-11-22(9-10-24-18)19(23)21-16-12-25-17-4-2-1-3-15(16)17/h1-8,16,18H,9-12H2,(H,21,23)/t16-,18-/m0/s1. The second-order valence-electron chi connectivity index (χ2n) is 6.21. The molecule has 25 heavy (non-hydrogen) atoms. The summed E-state index contributed by atoms with van der Waals surface area (Å²) in [5, 5.41) is 3.76. The second kappa shape index (κ2) is 6.94. The van der Waals surface area contributed by atoms with Crippen molar-refractivity contribution in [2.24, 2.45) is 0 Å². The number of rotatable bonds is 2. The first-order valence-electron chi connectivity index (χ1n) is 8.35. The number of nitrogens with zero attached hydrogens (tertiary/aromatic N) is 1. The molecule has 6 heteroatoms. The number of hydrogen-bond donors (Lipinski definition) is 1. The van der Waals surface area contributed by atoms with Gasteiger partial charge in [-0.1, -0.05) is 41.9 Å². The summed E-state index contributed by atoms with van der Waals surface area (Å²) in [6.45, 7) is 2.07. The molecular formula is C19H19ClN2O3. The molecule has 0 radical (unpaired) electrons. The summed E-state index contributed by atoms with van der Waals surface area (Å²) in [6, 6.07) is 15.2. The molecule has 0 spiro atoms. The summed E-state index contributed by atoms with van der Waals surface area (Å²) < 4.78 is 11.5. The molecule has 0 aliphatic carbocycles. The molecule has 2 heterocycles. The number of ether oxygens (including phenoxy) is 2. The van der Waals surface area contributed by atoms with Gasteiger partial charge in [0, 0.05) is 17.1 Å². The van der Waals surface area contributed by atoms with Crippen LogP contribution in [0.5, 0.6) is 5.75 Å². The Morgan fingerprint density at radius 1 is 1.16 bits per heavy atom. The predicted molar refractivity (Wildman–Crippen MR) is 94.9 cm³/mol. The Hall–Kier alpha value is -2.24. The molecule has 0 saturated carbocycles. The molecule has 1 N–H and O–H groups in total. The summed E-state index contributed by atoms with van der Waals surface area (Å²) in [4.78, 5) is 14.5. The monoisotopic (exact) mass is 358 g/mol. The highest BCUT2D eigenvalue weighted by atomic mass is 35.5. The van der Waals surface area contributed by atoms with E-state index in [9.17, 15) is 4.79 Å². The number of carbonyl (C=O) groups excluding carboxylic acids is 1. The van der Waals surface area contributed by atoms with Crippen LogP contribution in [0.1, 0.15) is 23.3 Å². The molecule has 0 unspecified atom stereocenters. The average Bonchev–Trinajstić information content (AvgIpc) is 3.05. The molecule has 5 nitrogen and oxygen atoms in total. The highest BCUT2D eigenvalue weighted by molar-refractivity contribution is 6.30. The first-order valence-corrected chi connectivity index (χ1v) is 8.73. The maximum Gasteiger partial charge on any atom is 0.318 e. The van der Waals surface area contributed by atoms with Gasteiger partial charge in [0.15, 0.2) is 0 Å². The summed E-state index contributed by atoms with van der Waals surface area (Å²) >= 11 is 5.94. The molecule has 2 amide bonds. The molecule has 2 aromatic carbocycles. The third-order valence-corrected chi connectivity index (χ3v) is 4.85. The zero-order chi connectivity index (χ0) is 17.2. The lowest BCUT2D eigenvalue weighted by Gasteiger charge is -2.33. The summed E-state index contributed by atoms with van der Waals surface area (Å²) in [6.07, 6.45) is -0.135. The van der Waals surface area contributed by atoms with Crippen molar-refractivity contribution in [3.05, 3.63) is 64.7 Å². The molecule has 1 fully saturated rings. The van der Waals surface area contributed by atoms with Crippen molar-refractivity contribution >= 4 is 17.6 Å². The van der Waals surface area contributed by atoms with Crippen LogP contribution in [0.3, 0.4) is 0 Å². The third-order valence-electron chi connectivity index (χ3n) is 4.59. The Morgan fingerprint density at radius 2 is 1.96 bits per heavy atom. The number of hydrogen-bond acceptors (Lipinski definition) is 3. The highest BCUT2D eigenvalue weighted by Crippen LogP contribution is 2.32. The number of halogens is 1. The lowest BCUT2D eigenvalue weighted by atomic mass is 10.1. The molecule has 0 bridgehead atoms. The lowest BCUT2D eigenvalue weighted by molar-refractivity contribution is -0.0158. The van der Waals surface area contributed by atoms with Crippen molar-refractivity contribution in [2.75, 3.05) is 26.3 Å². The van der Waals surface area contributed by atoms with Crippen molar-refractivity contribution in [3.63, 3.8) is 0 Å². The Balaban J connectivity index is 1.41. The van der Waals surface area contributed by atoms with Crippen LogP contribution in [0.25, 0.3) is 0 Å². The quantitative estimate of drug-likeness (QED) is 0.893. The van der Waals surface area contributed by atoms with Crippen LogP contribution in [0.4, 0.5) is 4.79 Å². The average molecular weight is 359 g/mol. The van der Waals surface area contributed by atoms with Gasteiger partial charge in [0.25, 0.3) is 0 Å². The highest BCUT2D eigenvalue weighted by Gasteiger charge is 2.30. The van der Waals surface area contributed by atoms with E-state index >= 15 is 0 Å². The van der Waals surface area contributed by atoms with E-state index in [2.05, 4.69) is 5.32 Å². The maximum absolute atomic E-state index is 12.7. The number of morpholine rings is 1. The van der Waals surface area contributed by atoms with Gasteiger partial charge in [-0.3, -0.25) is 0 Å². The van der Waals surface area contributed by atoms with Crippen LogP contribution < -0.4 is 10.1 Å². The van der Waals surface area contributed by atoms with Crippen molar-refractivity contribution in [1.29, 1.82) is 0 Å². The van der Waals surface area contributed by atoms with E-state index in [0.29, 0.717) is 31.3 Å². The zero-order valence-corrected chi connectivity index (χ0v) is 14.4. The molecule has 4 rings (SSSR count). The summed E-state index contributed by atoms with van der Waals surface area (Å²) in [7, 11) is 0. The Labute approximate surface area is 151 Å². The number of fused-ring (bicyclic) bond motifs is 1. The van der Waals surface area contributed by atoms with Gasteiger partial charge < -0.3 is 19.7 Å². The van der Waals surface area contributed by atoms with E-state index in [1.54, 1.807) is 4.90 Å². The molecule has 130 valence electrons. The van der Waals surface area contributed by atoms with Gasteiger partial charge in [0.2, 0.25) is 0 Å². The van der Waals surface area contributed by atoms with Crippen LogP contribution >= 0.6 is 11.6 Å². The molecule has 2 atom stereocenters. The number of urea groups is 1. The molecule has 2 aliphatic rings. The minimum atomic E-state index is -0.135. The number of para-hydroxylation sites is 1. The Bertz CT molecular complexity index is 766. The summed E-state index contributed by atoms with van der Waals surface area (Å²) in [5.41, 5.74) is 2.05. The minimum absolute atomic E-state index is 0.0902. The fourth-order valence-electron chi connectivity index (χ4n) is 3.24. The van der Waals surface area contributed by atoms with Crippen molar-refractivity contribution in [3.8, 4) is 5.75 Å². The first-order chi connectivity index (χ1) is 12.2. The second-order valence-corrected chi connectivity index (χ2v) is 6.64. The molecule has 0 aromatic heterocycles. The fraction of sp³-hybridized carbons (Fsp3) is 0.316. The van der Waals surface area contributed by atoms with Gasteiger partial charge in [-0.15, -0.1) is 0 Å². The minimum Gasteiger partial charge on any atom is -0.491 e. The predicted octanol–water partition coefficient (Wildman–Crippen LogP) is 3.56. The first kappa shape index (κ1) is 16.2. The van der Waals surface area contributed by atoms with Gasteiger partial charge in [0.1, 0.15) is 18.5 Å². The largest absolute Gasteiger partial charge is 0.491 e. The van der Waals surface area contributed by atoms with E-state index in [4.69, 9.17) is 21.1 Å². The smallest absolute Gasteiger partial charge is 0.318 e. The fourth-order valence-corrected chi connectivity index (χ4v) is 3.36. The maximum atomic E-state index is 12.7. The lowest BCUT2D eigenvalue weighted by Crippen LogP contribution is -2.48. The van der Waals surface area contributed by atoms with Crippen LogP contribution in [-0.2, 0) is 4.74 Å². The topological polar surface area (TPSA) is 50.8 Å². The van der Waals surface area contributed by atoms with Gasteiger partial charge in [-0.25, -0.2) is 4.79 Å². The number of carbonyl (C=O) groups is 1. The van der Waals surface area contributed by atoms with Crippen molar-refractivity contribution in [2.45, 2.75) is 12.1 Å². The number of nitrogens with one attached hydrogen (secondary N) is 1. The molecule has 2 aliphatic heterocycles. The van der Waals surface area contributed by atoms with E-state index in [1.807, 2.05) is 48.5 Å². The molecule has 1 saturated heterocycles. The van der Waals surface area contributed by atoms with Gasteiger partial charge >= 0.3 is 6.03 Å². The van der Waals surface area contributed by atoms with Crippen molar-refractivity contribution in [1.82, 2.24) is 10.2 Å². The Morgan fingerprint density at radius 3 is 2.80 bits per heavy atom. The van der Waals surface area contributed by atoms with E-state index < -0.39 is 0 Å². The van der Waals surface area contributed by atoms with E-state index in [-0.39, 0.29) is 18.2 Å². The van der Waals surface area contributed by atoms with Crippen LogP contribution in [0.15, 0.2) is 48.5 Å². The van der Waals surface area contributed by atoms with Gasteiger partial charge in [0.05, 0.1) is 19.2 Å². The third kappa shape index (κ3) is 3.43. The number of amides is 2. The number of benzene rings is 2. The SMILES string of the molecule is O=C(N[C@H]1COc2ccccc21)N1CCO[C@H](c2ccc(Cl)cc2)C1. The van der Waals surface area contributed by atoms with Gasteiger partial charge in [-0.05, 0) is 23.8 Å². The Kier molecular flexibility index (Phi) is 4.51. The van der Waals surface area contributed by atoms with Crippen LogP contribution in [-0.4, -0.2) is 37.2 Å². The summed E-state index contributed by atoms with van der Waals surface area (Å²) in [5.74, 6) is 0.841. The molecular weight excluding hydrogens is 340 g/mol. The van der Waals surface area contributed by atoms with E-state index in [0.717, 1.165) is 16.9 Å². The van der Waals surface area contributed by atoms with E-state index in [1.165, 1.54) is 0 Å². The normalized spacial score (nSPS) is 22.2. The van der Waals surface area contributed by atoms with Crippen LogP contribution in [0, 0.1) is 0 Å². The molecule has 2 aromatic rings. The van der Waals surface area contributed by atoms with Crippen LogP contribution in [0.2, 0.25) is 5.02 Å². The van der Waals surface area contributed by atoms with Gasteiger partial charge in [-0.2, -0.15) is 0 Å². The van der Waals surface area contributed by atoms with Crippen molar-refractivity contribution < 1.29 is 14.3 Å². The zero-order valence-electron chi connectivity index (χ0n) is 13.7.